The first-order valence-corrected chi connectivity index (χ1v) is 11.7. The monoisotopic (exact) mass is 489 g/mol. The van der Waals surface area contributed by atoms with Gasteiger partial charge in [-0.25, -0.2) is 12.8 Å². The van der Waals surface area contributed by atoms with E-state index in [9.17, 15) is 22.4 Å². The predicted molar refractivity (Wildman–Crippen MR) is 119 cm³/mol. The molecule has 0 aliphatic carbocycles. The predicted octanol–water partition coefficient (Wildman–Crippen LogP) is 3.06. The molecule has 0 radical (unpaired) electrons. The van der Waals surface area contributed by atoms with Gasteiger partial charge in [-0.05, 0) is 42.8 Å². The van der Waals surface area contributed by atoms with E-state index in [1.165, 1.54) is 31.0 Å². The van der Waals surface area contributed by atoms with Crippen LogP contribution in [0.1, 0.15) is 12.5 Å². The van der Waals surface area contributed by atoms with Crippen molar-refractivity contribution in [2.45, 2.75) is 19.5 Å². The molecule has 0 unspecified atom stereocenters. The second kappa shape index (κ2) is 10.3. The molecular weight excluding hydrogens is 468 g/mol. The van der Waals surface area contributed by atoms with Gasteiger partial charge < -0.3 is 10.2 Å². The summed E-state index contributed by atoms with van der Waals surface area (Å²) >= 11 is 12.0. The lowest BCUT2D eigenvalue weighted by atomic mass is 10.1. The van der Waals surface area contributed by atoms with Crippen molar-refractivity contribution in [1.29, 1.82) is 0 Å². The van der Waals surface area contributed by atoms with Gasteiger partial charge in [0.1, 0.15) is 18.4 Å². The molecule has 0 saturated heterocycles. The quantitative estimate of drug-likeness (QED) is 0.617. The van der Waals surface area contributed by atoms with Gasteiger partial charge in [0.2, 0.25) is 21.8 Å². The van der Waals surface area contributed by atoms with Crippen molar-refractivity contribution in [1.82, 2.24) is 10.2 Å². The van der Waals surface area contributed by atoms with Crippen LogP contribution in [0, 0.1) is 5.82 Å². The van der Waals surface area contributed by atoms with Gasteiger partial charge in [-0.3, -0.25) is 13.9 Å². The first kappa shape index (κ1) is 24.9. The molecule has 168 valence electrons. The van der Waals surface area contributed by atoms with Crippen molar-refractivity contribution >= 4 is 50.7 Å². The van der Waals surface area contributed by atoms with Crippen molar-refractivity contribution in [3.8, 4) is 0 Å². The Kier molecular flexibility index (Phi) is 8.27. The molecule has 2 amide bonds. The number of sulfonamides is 1. The zero-order valence-corrected chi connectivity index (χ0v) is 19.4. The fraction of sp³-hybridized carbons (Fsp3) is 0.300. The van der Waals surface area contributed by atoms with Crippen LogP contribution in [-0.4, -0.2) is 51.0 Å². The SMILES string of the molecule is CNC(=O)[C@@H](C)N(Cc1ccc(Cl)c(Cl)c1)C(=O)CN(c1cccc(F)c1)S(C)(=O)=O. The van der Waals surface area contributed by atoms with E-state index in [1.54, 1.807) is 18.2 Å². The Labute approximate surface area is 190 Å². The first-order valence-electron chi connectivity index (χ1n) is 9.12. The molecule has 31 heavy (non-hydrogen) atoms. The molecule has 0 fully saturated rings. The highest BCUT2D eigenvalue weighted by atomic mass is 35.5. The van der Waals surface area contributed by atoms with Gasteiger partial charge in [-0.1, -0.05) is 35.3 Å². The molecule has 1 N–H and O–H groups in total. The third-order valence-electron chi connectivity index (χ3n) is 4.53. The Hall–Kier alpha value is -2.36. The summed E-state index contributed by atoms with van der Waals surface area (Å²) in [6.07, 6.45) is 0.913. The van der Waals surface area contributed by atoms with E-state index >= 15 is 0 Å². The minimum Gasteiger partial charge on any atom is -0.357 e. The van der Waals surface area contributed by atoms with Crippen LogP contribution in [0.5, 0.6) is 0 Å². The highest BCUT2D eigenvalue weighted by Crippen LogP contribution is 2.24. The van der Waals surface area contributed by atoms with Crippen molar-refractivity contribution in [2.24, 2.45) is 0 Å². The number of amides is 2. The van der Waals surface area contributed by atoms with Crippen molar-refractivity contribution < 1.29 is 22.4 Å². The second-order valence-corrected chi connectivity index (χ2v) is 9.53. The Morgan fingerprint density at radius 3 is 2.35 bits per heavy atom. The average Bonchev–Trinajstić information content (AvgIpc) is 2.70. The van der Waals surface area contributed by atoms with Crippen LogP contribution in [0.2, 0.25) is 10.0 Å². The summed E-state index contributed by atoms with van der Waals surface area (Å²) in [5.41, 5.74) is 0.591. The molecule has 2 aromatic carbocycles. The van der Waals surface area contributed by atoms with E-state index < -0.39 is 40.2 Å². The van der Waals surface area contributed by atoms with Crippen LogP contribution in [-0.2, 0) is 26.2 Å². The minimum atomic E-state index is -3.92. The molecule has 0 spiro atoms. The molecule has 0 bridgehead atoms. The van der Waals surface area contributed by atoms with Gasteiger partial charge in [-0.15, -0.1) is 0 Å². The van der Waals surface area contributed by atoms with Crippen LogP contribution in [0.4, 0.5) is 10.1 Å². The molecule has 0 aliphatic heterocycles. The number of likely N-dealkylation sites (N-methyl/N-ethyl adjacent to an activating group) is 1. The van der Waals surface area contributed by atoms with Gasteiger partial charge in [0.15, 0.2) is 0 Å². The normalized spacial score (nSPS) is 12.2. The molecule has 11 heteroatoms. The first-order chi connectivity index (χ1) is 14.4. The summed E-state index contributed by atoms with van der Waals surface area (Å²) in [7, 11) is -2.49. The second-order valence-electron chi connectivity index (χ2n) is 6.81. The summed E-state index contributed by atoms with van der Waals surface area (Å²) in [5.74, 6) is -1.74. The maximum Gasteiger partial charge on any atom is 0.244 e. The van der Waals surface area contributed by atoms with Gasteiger partial charge in [0.05, 0.1) is 22.0 Å². The average molecular weight is 490 g/mol. The van der Waals surface area contributed by atoms with E-state index in [1.807, 2.05) is 0 Å². The number of carbonyl (C=O) groups is 2. The molecule has 2 aromatic rings. The number of nitrogens with zero attached hydrogens (tertiary/aromatic N) is 2. The smallest absolute Gasteiger partial charge is 0.244 e. The van der Waals surface area contributed by atoms with E-state index in [-0.39, 0.29) is 17.3 Å². The Bertz CT molecular complexity index is 1080. The Balaban J connectivity index is 2.40. The minimum absolute atomic E-state index is 0.00191. The molecule has 0 heterocycles. The Morgan fingerprint density at radius 1 is 1.13 bits per heavy atom. The van der Waals surface area contributed by atoms with Crippen LogP contribution < -0.4 is 9.62 Å². The lowest BCUT2D eigenvalue weighted by Gasteiger charge is -2.31. The fourth-order valence-corrected chi connectivity index (χ4v) is 4.03. The Morgan fingerprint density at radius 2 is 1.81 bits per heavy atom. The van der Waals surface area contributed by atoms with Crippen LogP contribution in [0.3, 0.4) is 0 Å². The lowest BCUT2D eigenvalue weighted by molar-refractivity contribution is -0.139. The topological polar surface area (TPSA) is 86.8 Å². The molecule has 0 aromatic heterocycles. The third-order valence-corrected chi connectivity index (χ3v) is 6.41. The maximum atomic E-state index is 13.7. The number of hydrogen-bond acceptors (Lipinski definition) is 4. The van der Waals surface area contributed by atoms with Crippen LogP contribution in [0.25, 0.3) is 0 Å². The van der Waals surface area contributed by atoms with Crippen molar-refractivity contribution in [3.05, 3.63) is 63.9 Å². The van der Waals surface area contributed by atoms with E-state index in [2.05, 4.69) is 5.32 Å². The fourth-order valence-electron chi connectivity index (χ4n) is 2.87. The van der Waals surface area contributed by atoms with E-state index in [4.69, 9.17) is 23.2 Å². The highest BCUT2D eigenvalue weighted by Gasteiger charge is 2.29. The largest absolute Gasteiger partial charge is 0.357 e. The zero-order chi connectivity index (χ0) is 23.3. The third kappa shape index (κ3) is 6.56. The molecule has 0 aliphatic rings. The number of benzene rings is 2. The van der Waals surface area contributed by atoms with E-state index in [0.29, 0.717) is 10.6 Å². The van der Waals surface area contributed by atoms with Crippen LogP contribution >= 0.6 is 23.2 Å². The highest BCUT2D eigenvalue weighted by molar-refractivity contribution is 7.92. The number of halogens is 3. The standard InChI is InChI=1S/C20H22Cl2FN3O4S/c1-13(20(28)24-2)25(11-14-7-8-17(21)18(22)9-14)19(27)12-26(31(3,29)30)16-6-4-5-15(23)10-16/h4-10,13H,11-12H2,1-3H3,(H,24,28)/t13-/m1/s1. The van der Waals surface area contributed by atoms with Gasteiger partial charge in [0.25, 0.3) is 0 Å². The van der Waals surface area contributed by atoms with Crippen molar-refractivity contribution in [3.63, 3.8) is 0 Å². The molecule has 1 atom stereocenters. The zero-order valence-electron chi connectivity index (χ0n) is 17.1. The summed E-state index contributed by atoms with van der Waals surface area (Å²) in [5, 5.41) is 3.07. The van der Waals surface area contributed by atoms with Gasteiger partial charge in [0, 0.05) is 13.6 Å². The number of hydrogen-bond donors (Lipinski definition) is 1. The van der Waals surface area contributed by atoms with Gasteiger partial charge in [-0.2, -0.15) is 0 Å². The lowest BCUT2D eigenvalue weighted by Crippen LogP contribution is -2.50. The van der Waals surface area contributed by atoms with Gasteiger partial charge >= 0.3 is 0 Å². The number of nitrogens with one attached hydrogen (secondary N) is 1. The molecule has 0 saturated carbocycles. The summed E-state index contributed by atoms with van der Waals surface area (Å²) in [6.45, 7) is 0.872. The van der Waals surface area contributed by atoms with E-state index in [0.717, 1.165) is 22.7 Å². The number of carbonyl (C=O) groups excluding carboxylic acids is 2. The van der Waals surface area contributed by atoms with Crippen LogP contribution in [0.15, 0.2) is 42.5 Å². The summed E-state index contributed by atoms with van der Waals surface area (Å²) in [6, 6.07) is 8.74. The number of rotatable bonds is 8. The molecular formula is C20H22Cl2FN3O4S. The van der Waals surface area contributed by atoms with Crippen molar-refractivity contribution in [2.75, 3.05) is 24.2 Å². The molecule has 2 rings (SSSR count). The maximum absolute atomic E-state index is 13.7. The molecule has 7 nitrogen and oxygen atoms in total. The summed E-state index contributed by atoms with van der Waals surface area (Å²) < 4.78 is 39.1. The summed E-state index contributed by atoms with van der Waals surface area (Å²) in [4.78, 5) is 26.6. The number of anilines is 1.